The molecule has 1 fully saturated rings. The van der Waals surface area contributed by atoms with Crippen molar-refractivity contribution >= 4 is 17.6 Å². The Morgan fingerprint density at radius 2 is 2.06 bits per heavy atom. The van der Waals surface area contributed by atoms with Gasteiger partial charge in [0, 0.05) is 0 Å². The Labute approximate surface area is 109 Å². The second kappa shape index (κ2) is 5.67. The van der Waals surface area contributed by atoms with Crippen LogP contribution < -0.4 is 0 Å². The van der Waals surface area contributed by atoms with Crippen molar-refractivity contribution in [3.63, 3.8) is 0 Å². The molecule has 2 rings (SSSR count). The van der Waals surface area contributed by atoms with Crippen LogP contribution in [0.15, 0.2) is 30.3 Å². The van der Waals surface area contributed by atoms with E-state index in [9.17, 15) is 9.90 Å². The molecular weight excluding hydrogens is 260 g/mol. The summed E-state index contributed by atoms with van der Waals surface area (Å²) < 4.78 is 10.2. The van der Waals surface area contributed by atoms with Crippen LogP contribution >= 0.6 is 11.6 Å². The van der Waals surface area contributed by atoms with E-state index in [2.05, 4.69) is 0 Å². The molecule has 1 saturated heterocycles. The van der Waals surface area contributed by atoms with Crippen molar-refractivity contribution in [2.75, 3.05) is 6.61 Å². The summed E-state index contributed by atoms with van der Waals surface area (Å²) in [6, 6.07) is 8.37. The lowest BCUT2D eigenvalue weighted by molar-refractivity contribution is -0.0174. The van der Waals surface area contributed by atoms with E-state index in [0.29, 0.717) is 5.56 Å². The molecule has 1 aromatic carbocycles. The van der Waals surface area contributed by atoms with E-state index in [-0.39, 0.29) is 6.61 Å². The predicted octanol–water partition coefficient (Wildman–Crippen LogP) is 0.529. The van der Waals surface area contributed by atoms with E-state index in [0.717, 1.165) is 0 Å². The molecule has 6 heteroatoms. The van der Waals surface area contributed by atoms with Gasteiger partial charge in [0.1, 0.15) is 12.2 Å². The van der Waals surface area contributed by atoms with Crippen LogP contribution in [-0.2, 0) is 9.47 Å². The van der Waals surface area contributed by atoms with Crippen molar-refractivity contribution in [1.29, 1.82) is 0 Å². The largest absolute Gasteiger partial charge is 0.452 e. The van der Waals surface area contributed by atoms with E-state index < -0.39 is 29.8 Å². The molecule has 0 bridgehead atoms. The molecule has 1 aliphatic heterocycles. The minimum atomic E-state index is -1.13. The minimum absolute atomic E-state index is 0.362. The zero-order valence-electron chi connectivity index (χ0n) is 9.40. The van der Waals surface area contributed by atoms with Crippen LogP contribution in [0.1, 0.15) is 10.4 Å². The van der Waals surface area contributed by atoms with Crippen molar-refractivity contribution < 1.29 is 24.5 Å². The van der Waals surface area contributed by atoms with Gasteiger partial charge in [-0.3, -0.25) is 0 Å². The van der Waals surface area contributed by atoms with Gasteiger partial charge in [0.05, 0.1) is 12.2 Å². The number of hydrogen-bond acceptors (Lipinski definition) is 5. The van der Waals surface area contributed by atoms with Gasteiger partial charge in [0.25, 0.3) is 0 Å². The molecule has 2 N–H and O–H groups in total. The SMILES string of the molecule is O=C(O[C@H]1C(Cl)O[C@H](CO)[C@H]1O)c1ccccc1. The second-order valence-electron chi connectivity index (χ2n) is 3.93. The van der Waals surface area contributed by atoms with Gasteiger partial charge in [-0.25, -0.2) is 4.79 Å². The first-order chi connectivity index (χ1) is 8.63. The van der Waals surface area contributed by atoms with Crippen molar-refractivity contribution in [3.05, 3.63) is 35.9 Å². The second-order valence-corrected chi connectivity index (χ2v) is 4.36. The molecule has 1 heterocycles. The molecule has 98 valence electrons. The Balaban J connectivity index is 2.04. The van der Waals surface area contributed by atoms with Crippen molar-refractivity contribution in [1.82, 2.24) is 0 Å². The molecule has 5 nitrogen and oxygen atoms in total. The average molecular weight is 273 g/mol. The molecule has 0 radical (unpaired) electrons. The molecule has 1 aromatic rings. The van der Waals surface area contributed by atoms with Gasteiger partial charge >= 0.3 is 5.97 Å². The number of hydrogen-bond donors (Lipinski definition) is 2. The average Bonchev–Trinajstić information content (AvgIpc) is 2.67. The third-order valence-electron chi connectivity index (χ3n) is 2.71. The maximum absolute atomic E-state index is 11.8. The van der Waals surface area contributed by atoms with E-state index >= 15 is 0 Å². The minimum Gasteiger partial charge on any atom is -0.452 e. The highest BCUT2D eigenvalue weighted by molar-refractivity contribution is 6.20. The summed E-state index contributed by atoms with van der Waals surface area (Å²) in [5.74, 6) is -0.590. The van der Waals surface area contributed by atoms with Gasteiger partial charge in [-0.1, -0.05) is 29.8 Å². The number of halogens is 1. The lowest BCUT2D eigenvalue weighted by atomic mass is 10.1. The molecule has 0 saturated carbocycles. The predicted molar refractivity (Wildman–Crippen MR) is 63.3 cm³/mol. The number of benzene rings is 1. The first kappa shape index (κ1) is 13.3. The van der Waals surface area contributed by atoms with Gasteiger partial charge < -0.3 is 19.7 Å². The van der Waals surface area contributed by atoms with Crippen LogP contribution in [0.3, 0.4) is 0 Å². The third kappa shape index (κ3) is 2.64. The molecule has 1 aliphatic rings. The van der Waals surface area contributed by atoms with Crippen LogP contribution in [0.5, 0.6) is 0 Å². The molecule has 0 spiro atoms. The van der Waals surface area contributed by atoms with E-state index in [1.54, 1.807) is 30.3 Å². The normalized spacial score (nSPS) is 31.3. The van der Waals surface area contributed by atoms with Crippen LogP contribution in [0.4, 0.5) is 0 Å². The van der Waals surface area contributed by atoms with Gasteiger partial charge in [0.15, 0.2) is 11.7 Å². The number of aliphatic hydroxyl groups is 2. The molecule has 4 atom stereocenters. The van der Waals surface area contributed by atoms with Crippen LogP contribution in [0.2, 0.25) is 0 Å². The fraction of sp³-hybridized carbons (Fsp3) is 0.417. The summed E-state index contributed by atoms with van der Waals surface area (Å²) in [5.41, 5.74) is -0.606. The smallest absolute Gasteiger partial charge is 0.338 e. The summed E-state index contributed by atoms with van der Waals surface area (Å²) in [7, 11) is 0. The first-order valence-electron chi connectivity index (χ1n) is 5.48. The molecular formula is C12H13ClO5. The number of carbonyl (C=O) groups excluding carboxylic acids is 1. The van der Waals surface area contributed by atoms with Gasteiger partial charge in [-0.2, -0.15) is 0 Å². The van der Waals surface area contributed by atoms with Gasteiger partial charge in [-0.15, -0.1) is 0 Å². The monoisotopic (exact) mass is 272 g/mol. The summed E-state index contributed by atoms with van der Waals surface area (Å²) in [5, 5.41) is 18.7. The molecule has 0 amide bonds. The maximum Gasteiger partial charge on any atom is 0.338 e. The third-order valence-corrected chi connectivity index (χ3v) is 3.06. The van der Waals surface area contributed by atoms with E-state index in [1.807, 2.05) is 0 Å². The first-order valence-corrected chi connectivity index (χ1v) is 5.91. The maximum atomic E-state index is 11.8. The lowest BCUT2D eigenvalue weighted by Gasteiger charge is -2.17. The standard InChI is InChI=1S/C12H13ClO5/c13-11-10(9(15)8(6-14)17-11)18-12(16)7-4-2-1-3-5-7/h1-5,8-11,14-15H,6H2/t8-,9-,10-,11?/m1/s1. The number of rotatable bonds is 3. The fourth-order valence-electron chi connectivity index (χ4n) is 1.73. The van der Waals surface area contributed by atoms with Crippen molar-refractivity contribution in [3.8, 4) is 0 Å². The lowest BCUT2D eigenvalue weighted by Crippen LogP contribution is -2.36. The van der Waals surface area contributed by atoms with Gasteiger partial charge in [0.2, 0.25) is 0 Å². The summed E-state index contributed by atoms with van der Waals surface area (Å²) >= 11 is 5.81. The highest BCUT2D eigenvalue weighted by atomic mass is 35.5. The quantitative estimate of drug-likeness (QED) is 0.620. The summed E-state index contributed by atoms with van der Waals surface area (Å²) in [4.78, 5) is 11.8. The molecule has 1 unspecified atom stereocenters. The highest BCUT2D eigenvalue weighted by Crippen LogP contribution is 2.27. The van der Waals surface area contributed by atoms with E-state index in [1.165, 1.54) is 0 Å². The number of carbonyl (C=O) groups is 1. The highest BCUT2D eigenvalue weighted by Gasteiger charge is 2.45. The van der Waals surface area contributed by atoms with E-state index in [4.69, 9.17) is 26.2 Å². The number of ether oxygens (including phenoxy) is 2. The number of alkyl halides is 1. The summed E-state index contributed by atoms with van der Waals surface area (Å²) in [6.45, 7) is -0.385. The Morgan fingerprint density at radius 3 is 2.61 bits per heavy atom. The Hall–Kier alpha value is -1.14. The topological polar surface area (TPSA) is 76.0 Å². The van der Waals surface area contributed by atoms with Crippen molar-refractivity contribution in [2.45, 2.75) is 23.9 Å². The Morgan fingerprint density at radius 1 is 1.39 bits per heavy atom. The molecule has 0 aliphatic carbocycles. The van der Waals surface area contributed by atoms with Crippen LogP contribution in [0.25, 0.3) is 0 Å². The fourth-order valence-corrected chi connectivity index (χ4v) is 2.06. The van der Waals surface area contributed by atoms with Crippen molar-refractivity contribution in [2.24, 2.45) is 0 Å². The Kier molecular flexibility index (Phi) is 4.19. The van der Waals surface area contributed by atoms with Gasteiger partial charge in [-0.05, 0) is 12.1 Å². The molecule has 0 aromatic heterocycles. The summed E-state index contributed by atoms with van der Waals surface area (Å²) in [6.07, 6.45) is -2.96. The van der Waals surface area contributed by atoms with Crippen LogP contribution in [-0.4, -0.2) is 46.7 Å². The Bertz CT molecular complexity index is 410. The number of aliphatic hydroxyl groups excluding tert-OH is 2. The van der Waals surface area contributed by atoms with Crippen LogP contribution in [0, 0.1) is 0 Å². The zero-order chi connectivity index (χ0) is 13.1. The molecule has 18 heavy (non-hydrogen) atoms. The zero-order valence-corrected chi connectivity index (χ0v) is 10.2. The number of esters is 1.